The Morgan fingerprint density at radius 2 is 1.78 bits per heavy atom. The molecule has 4 nitrogen and oxygen atoms in total. The zero-order valence-electron chi connectivity index (χ0n) is 14.5. The molecule has 1 aromatic heterocycles. The maximum Gasteiger partial charge on any atom is 0.307 e. The molecule has 1 heterocycles. The van der Waals surface area contributed by atoms with E-state index in [0.29, 0.717) is 17.1 Å². The molecule has 0 aliphatic carbocycles. The fourth-order valence-electron chi connectivity index (χ4n) is 2.81. The van der Waals surface area contributed by atoms with Gasteiger partial charge in [-0.15, -0.1) is 11.3 Å². The summed E-state index contributed by atoms with van der Waals surface area (Å²) in [5, 5.41) is 11.9. The van der Waals surface area contributed by atoms with Crippen molar-refractivity contribution in [2.24, 2.45) is 5.92 Å². The van der Waals surface area contributed by atoms with E-state index in [2.05, 4.69) is 4.98 Å². The van der Waals surface area contributed by atoms with Gasteiger partial charge in [-0.2, -0.15) is 0 Å². The number of carboxylic acids is 1. The Bertz CT molecular complexity index is 922. The van der Waals surface area contributed by atoms with Gasteiger partial charge in [0, 0.05) is 23.8 Å². The van der Waals surface area contributed by atoms with Crippen molar-refractivity contribution in [3.63, 3.8) is 0 Å². The van der Waals surface area contributed by atoms with Crippen LogP contribution in [0.2, 0.25) is 0 Å². The Morgan fingerprint density at radius 1 is 1.07 bits per heavy atom. The summed E-state index contributed by atoms with van der Waals surface area (Å²) >= 11 is 1.38. The quantitative estimate of drug-likeness (QED) is 0.626. The number of hydrogen-bond acceptors (Lipinski definition) is 4. The third-order valence-electron chi connectivity index (χ3n) is 4.17. The van der Waals surface area contributed by atoms with Crippen LogP contribution in [0.25, 0.3) is 10.6 Å². The molecule has 6 heteroatoms. The molecule has 1 N–H and O–H groups in total. The van der Waals surface area contributed by atoms with Crippen molar-refractivity contribution in [2.45, 2.75) is 19.3 Å². The summed E-state index contributed by atoms with van der Waals surface area (Å²) in [6, 6.07) is 15.3. The van der Waals surface area contributed by atoms with E-state index in [1.165, 1.54) is 23.5 Å². The Balaban J connectivity index is 1.62. The molecule has 27 heavy (non-hydrogen) atoms. The Labute approximate surface area is 160 Å². The molecule has 0 bridgehead atoms. The second kappa shape index (κ2) is 8.68. The number of benzene rings is 2. The zero-order chi connectivity index (χ0) is 19.2. The molecule has 0 radical (unpaired) electrons. The maximum atomic E-state index is 13.0. The van der Waals surface area contributed by atoms with E-state index in [-0.39, 0.29) is 24.4 Å². The lowest BCUT2D eigenvalue weighted by molar-refractivity contribution is -0.143. The van der Waals surface area contributed by atoms with E-state index in [1.54, 1.807) is 17.5 Å². The van der Waals surface area contributed by atoms with Crippen molar-refractivity contribution in [1.82, 2.24) is 4.98 Å². The Kier molecular flexibility index (Phi) is 6.08. The molecule has 0 aliphatic heterocycles. The van der Waals surface area contributed by atoms with E-state index in [0.717, 1.165) is 11.1 Å². The van der Waals surface area contributed by atoms with Gasteiger partial charge in [0.25, 0.3) is 0 Å². The lowest BCUT2D eigenvalue weighted by Gasteiger charge is -2.11. The van der Waals surface area contributed by atoms with Crippen molar-refractivity contribution in [3.05, 3.63) is 77.1 Å². The van der Waals surface area contributed by atoms with Crippen LogP contribution in [0, 0.1) is 11.7 Å². The monoisotopic (exact) mass is 383 g/mol. The molecule has 1 atom stereocenters. The molecule has 0 saturated heterocycles. The lowest BCUT2D eigenvalue weighted by Crippen LogP contribution is -2.21. The normalized spacial score (nSPS) is 11.9. The third-order valence-corrected chi connectivity index (χ3v) is 5.11. The van der Waals surface area contributed by atoms with Crippen LogP contribution in [0.1, 0.15) is 17.7 Å². The highest BCUT2D eigenvalue weighted by Gasteiger charge is 2.22. The van der Waals surface area contributed by atoms with E-state index in [1.807, 2.05) is 30.3 Å². The summed E-state index contributed by atoms with van der Waals surface area (Å²) < 4.78 is 13.0. The van der Waals surface area contributed by atoms with Crippen LogP contribution in [-0.4, -0.2) is 21.8 Å². The molecule has 3 aromatic rings. The van der Waals surface area contributed by atoms with Gasteiger partial charge >= 0.3 is 5.97 Å². The molecule has 0 aliphatic rings. The second-order valence-electron chi connectivity index (χ2n) is 6.30. The highest BCUT2D eigenvalue weighted by molar-refractivity contribution is 7.13. The highest BCUT2D eigenvalue weighted by Crippen LogP contribution is 2.24. The number of carbonyl (C=O) groups excluding carboxylic acids is 1. The van der Waals surface area contributed by atoms with Crippen molar-refractivity contribution in [1.29, 1.82) is 0 Å². The van der Waals surface area contributed by atoms with Crippen molar-refractivity contribution >= 4 is 23.1 Å². The number of aliphatic carboxylic acids is 1. The SMILES string of the molecule is O=C(Cc1csc(-c2ccc(F)cc2)n1)C[C@H](Cc1ccccc1)C(=O)O. The van der Waals surface area contributed by atoms with Crippen LogP contribution in [0.15, 0.2) is 60.0 Å². The molecule has 0 unspecified atom stereocenters. The van der Waals surface area contributed by atoms with Gasteiger partial charge in [-0.1, -0.05) is 30.3 Å². The largest absolute Gasteiger partial charge is 0.481 e. The minimum Gasteiger partial charge on any atom is -0.481 e. The Morgan fingerprint density at radius 3 is 2.44 bits per heavy atom. The second-order valence-corrected chi connectivity index (χ2v) is 7.15. The number of carbonyl (C=O) groups is 2. The van der Waals surface area contributed by atoms with Crippen molar-refractivity contribution in [2.75, 3.05) is 0 Å². The van der Waals surface area contributed by atoms with E-state index in [9.17, 15) is 19.1 Å². The van der Waals surface area contributed by atoms with E-state index in [4.69, 9.17) is 0 Å². The van der Waals surface area contributed by atoms with Crippen molar-refractivity contribution in [3.8, 4) is 10.6 Å². The molecule has 0 amide bonds. The average molecular weight is 383 g/mol. The first-order chi connectivity index (χ1) is 13.0. The summed E-state index contributed by atoms with van der Waals surface area (Å²) in [6.07, 6.45) is 0.379. The first-order valence-electron chi connectivity index (χ1n) is 8.50. The fraction of sp³-hybridized carbons (Fsp3) is 0.190. The molecular weight excluding hydrogens is 365 g/mol. The molecule has 0 spiro atoms. The van der Waals surface area contributed by atoms with Gasteiger partial charge < -0.3 is 5.11 Å². The zero-order valence-corrected chi connectivity index (χ0v) is 15.3. The number of nitrogens with zero attached hydrogens (tertiary/aromatic N) is 1. The highest BCUT2D eigenvalue weighted by atomic mass is 32.1. The molecule has 0 saturated carbocycles. The lowest BCUT2D eigenvalue weighted by atomic mass is 9.93. The molecule has 3 rings (SSSR count). The summed E-state index contributed by atoms with van der Waals surface area (Å²) in [6.45, 7) is 0. The van der Waals surface area contributed by atoms with Crippen LogP contribution in [-0.2, 0) is 22.4 Å². The van der Waals surface area contributed by atoms with Gasteiger partial charge in [0.2, 0.25) is 0 Å². The number of rotatable bonds is 8. The van der Waals surface area contributed by atoms with E-state index >= 15 is 0 Å². The van der Waals surface area contributed by atoms with Crippen LogP contribution in [0.5, 0.6) is 0 Å². The maximum absolute atomic E-state index is 13.0. The van der Waals surface area contributed by atoms with Gasteiger partial charge in [-0.25, -0.2) is 9.37 Å². The molecular formula is C21H18FNO3S. The van der Waals surface area contributed by atoms with Crippen LogP contribution in [0.3, 0.4) is 0 Å². The number of carboxylic acid groups (broad SMARTS) is 1. The number of thiazole rings is 1. The standard InChI is InChI=1S/C21H18FNO3S/c22-17-8-6-15(7-9-17)20-23-18(13-27-20)12-19(24)11-16(21(25)26)10-14-4-2-1-3-5-14/h1-9,13,16H,10-12H2,(H,25,26)/t16-/m0/s1. The summed E-state index contributed by atoms with van der Waals surface area (Å²) in [4.78, 5) is 28.3. The predicted molar refractivity (Wildman–Crippen MR) is 102 cm³/mol. The van der Waals surface area contributed by atoms with Gasteiger partial charge in [0.05, 0.1) is 11.6 Å². The average Bonchev–Trinajstić information content (AvgIpc) is 3.11. The van der Waals surface area contributed by atoms with Gasteiger partial charge in [-0.3, -0.25) is 9.59 Å². The molecule has 138 valence electrons. The molecule has 2 aromatic carbocycles. The minimum absolute atomic E-state index is 0.0341. The van der Waals surface area contributed by atoms with Gasteiger partial charge in [0.1, 0.15) is 16.6 Å². The van der Waals surface area contributed by atoms with Crippen LogP contribution >= 0.6 is 11.3 Å². The topological polar surface area (TPSA) is 67.3 Å². The Hall–Kier alpha value is -2.86. The first-order valence-corrected chi connectivity index (χ1v) is 9.38. The van der Waals surface area contributed by atoms with Gasteiger partial charge in [-0.05, 0) is 36.2 Å². The molecule has 0 fully saturated rings. The third kappa shape index (κ3) is 5.31. The van der Waals surface area contributed by atoms with E-state index < -0.39 is 11.9 Å². The van der Waals surface area contributed by atoms with Crippen LogP contribution in [0.4, 0.5) is 4.39 Å². The summed E-state index contributed by atoms with van der Waals surface area (Å²) in [5.41, 5.74) is 2.28. The predicted octanol–water partition coefficient (Wildman–Crippen LogP) is 4.39. The number of hydrogen-bond donors (Lipinski definition) is 1. The van der Waals surface area contributed by atoms with Crippen molar-refractivity contribution < 1.29 is 19.1 Å². The summed E-state index contributed by atoms with van der Waals surface area (Å²) in [5.74, 6) is -2.20. The smallest absolute Gasteiger partial charge is 0.307 e. The fourth-order valence-corrected chi connectivity index (χ4v) is 3.63. The minimum atomic E-state index is -0.975. The first kappa shape index (κ1) is 18.9. The number of Topliss-reactive ketones (excluding diaryl/α,β-unsaturated/α-hetero) is 1. The summed E-state index contributed by atoms with van der Waals surface area (Å²) in [7, 11) is 0. The van der Waals surface area contributed by atoms with Crippen LogP contribution < -0.4 is 0 Å². The number of aromatic nitrogens is 1. The van der Waals surface area contributed by atoms with Gasteiger partial charge in [0.15, 0.2) is 0 Å². The number of halogens is 1. The number of ketones is 1.